The zero-order valence-corrected chi connectivity index (χ0v) is 12.6. The molecule has 0 spiro atoms. The molecular formula is C6H2Cl4SZn. The van der Waals surface area contributed by atoms with E-state index in [9.17, 15) is 0 Å². The van der Waals surface area contributed by atoms with E-state index >= 15 is 0 Å². The van der Waals surface area contributed by atoms with Gasteiger partial charge in [-0.15, -0.1) is 12.6 Å². The zero-order chi connectivity index (χ0) is 8.59. The van der Waals surface area contributed by atoms with Gasteiger partial charge in [0, 0.05) is 24.4 Å². The summed E-state index contributed by atoms with van der Waals surface area (Å²) < 4.78 is 0. The van der Waals surface area contributed by atoms with Crippen LogP contribution in [0.3, 0.4) is 0 Å². The third-order valence-corrected chi connectivity index (χ3v) is 3.38. The van der Waals surface area contributed by atoms with E-state index in [1.807, 2.05) is 0 Å². The number of benzene rings is 1. The quantitative estimate of drug-likeness (QED) is 0.308. The maximum atomic E-state index is 5.71. The first-order valence-electron chi connectivity index (χ1n) is 2.56. The largest absolute Gasteiger partial charge is 0.140 e. The fraction of sp³-hybridized carbons (Fsp3) is 0. The molecule has 62 valence electrons. The van der Waals surface area contributed by atoms with Gasteiger partial charge in [-0.05, 0) is 6.07 Å². The number of rotatable bonds is 0. The molecule has 1 aromatic rings. The molecule has 1 aromatic carbocycles. The fourth-order valence-corrected chi connectivity index (χ4v) is 1.71. The predicted octanol–water partition coefficient (Wildman–Crippen LogP) is 4.59. The van der Waals surface area contributed by atoms with Crippen molar-refractivity contribution in [2.45, 2.75) is 4.90 Å². The first kappa shape index (κ1) is 13.4. The van der Waals surface area contributed by atoms with Crippen LogP contribution < -0.4 is 0 Å². The van der Waals surface area contributed by atoms with Crippen LogP contribution in [-0.4, -0.2) is 0 Å². The summed E-state index contributed by atoms with van der Waals surface area (Å²) in [7, 11) is 0. The van der Waals surface area contributed by atoms with E-state index in [1.165, 1.54) is 6.07 Å². The van der Waals surface area contributed by atoms with Gasteiger partial charge in [0.05, 0.1) is 20.1 Å². The van der Waals surface area contributed by atoms with Gasteiger partial charge in [0.2, 0.25) is 0 Å². The number of hydrogen-bond donors (Lipinski definition) is 1. The average Bonchev–Trinajstić information content (AvgIpc) is 1.97. The first-order valence-corrected chi connectivity index (χ1v) is 4.52. The van der Waals surface area contributed by atoms with Crippen molar-refractivity contribution in [1.82, 2.24) is 0 Å². The number of halogens is 4. The van der Waals surface area contributed by atoms with Gasteiger partial charge in [0.15, 0.2) is 0 Å². The van der Waals surface area contributed by atoms with Crippen LogP contribution in [0.4, 0.5) is 0 Å². The molecule has 0 saturated carbocycles. The fourth-order valence-electron chi connectivity index (χ4n) is 0.557. The Balaban J connectivity index is 0.00000121. The molecule has 1 rings (SSSR count). The Bertz CT molecular complexity index is 276. The van der Waals surface area contributed by atoms with E-state index in [2.05, 4.69) is 12.6 Å². The molecule has 0 N–H and O–H groups in total. The molecule has 0 aliphatic carbocycles. The average molecular weight is 313 g/mol. The Hall–Kier alpha value is 1.35. The van der Waals surface area contributed by atoms with Gasteiger partial charge in [-0.1, -0.05) is 46.4 Å². The SMILES string of the molecule is Sc1c(Cl)cc(Cl)c(Cl)c1Cl.[Zn]. The van der Waals surface area contributed by atoms with Crippen molar-refractivity contribution in [3.05, 3.63) is 26.2 Å². The van der Waals surface area contributed by atoms with E-state index in [4.69, 9.17) is 46.4 Å². The summed E-state index contributed by atoms with van der Waals surface area (Å²) in [4.78, 5) is 0.447. The predicted molar refractivity (Wildman–Crippen MR) is 53.7 cm³/mol. The summed E-state index contributed by atoms with van der Waals surface area (Å²) in [5, 5.41) is 1.29. The van der Waals surface area contributed by atoms with Crippen LogP contribution in [0.15, 0.2) is 11.0 Å². The van der Waals surface area contributed by atoms with E-state index in [0.717, 1.165) is 0 Å². The normalized spacial score (nSPS) is 9.42. The van der Waals surface area contributed by atoms with Crippen molar-refractivity contribution >= 4 is 59.0 Å². The summed E-state index contributed by atoms with van der Waals surface area (Å²) in [5.74, 6) is 0. The minimum atomic E-state index is 0. The molecule has 6 heteroatoms. The molecule has 0 aliphatic heterocycles. The van der Waals surface area contributed by atoms with E-state index in [0.29, 0.717) is 14.9 Å². The molecule has 0 aromatic heterocycles. The van der Waals surface area contributed by atoms with E-state index in [-0.39, 0.29) is 29.5 Å². The van der Waals surface area contributed by atoms with Gasteiger partial charge < -0.3 is 0 Å². The minimum Gasteiger partial charge on any atom is -0.140 e. The topological polar surface area (TPSA) is 0 Å². The standard InChI is InChI=1S/C6H2Cl4S.Zn/c7-2-1-3(8)6(11)5(10)4(2)9;/h1,11H;. The second kappa shape index (κ2) is 5.29. The molecule has 0 saturated heterocycles. The van der Waals surface area contributed by atoms with Crippen molar-refractivity contribution in [2.75, 3.05) is 0 Å². The Morgan fingerprint density at radius 2 is 1.42 bits per heavy atom. The van der Waals surface area contributed by atoms with Crippen LogP contribution in [0, 0.1) is 0 Å². The summed E-state index contributed by atoms with van der Waals surface area (Å²) in [6.07, 6.45) is 0. The molecule has 0 amide bonds. The monoisotopic (exact) mass is 310 g/mol. The minimum absolute atomic E-state index is 0. The van der Waals surface area contributed by atoms with Gasteiger partial charge in [0.1, 0.15) is 0 Å². The molecule has 0 aliphatic rings. The molecule has 0 fully saturated rings. The van der Waals surface area contributed by atoms with Crippen LogP contribution >= 0.6 is 59.0 Å². The molecule has 0 atom stereocenters. The molecule has 0 heterocycles. The first-order chi connectivity index (χ1) is 5.04. The molecule has 12 heavy (non-hydrogen) atoms. The Kier molecular flexibility index (Phi) is 5.88. The Morgan fingerprint density at radius 3 is 1.92 bits per heavy atom. The van der Waals surface area contributed by atoms with Gasteiger partial charge in [-0.25, -0.2) is 0 Å². The van der Waals surface area contributed by atoms with Gasteiger partial charge in [-0.2, -0.15) is 0 Å². The van der Waals surface area contributed by atoms with Crippen LogP contribution in [0.25, 0.3) is 0 Å². The van der Waals surface area contributed by atoms with E-state index in [1.54, 1.807) is 0 Å². The third-order valence-electron chi connectivity index (χ3n) is 1.09. The van der Waals surface area contributed by atoms with Gasteiger partial charge in [-0.3, -0.25) is 0 Å². The van der Waals surface area contributed by atoms with Crippen LogP contribution in [0.2, 0.25) is 20.1 Å². The molecule has 0 unspecified atom stereocenters. The molecule has 0 radical (unpaired) electrons. The summed E-state index contributed by atoms with van der Waals surface area (Å²) >= 11 is 26.8. The van der Waals surface area contributed by atoms with Crippen molar-refractivity contribution in [3.8, 4) is 0 Å². The van der Waals surface area contributed by atoms with Crippen molar-refractivity contribution in [3.63, 3.8) is 0 Å². The van der Waals surface area contributed by atoms with E-state index < -0.39 is 0 Å². The molecule has 0 bridgehead atoms. The van der Waals surface area contributed by atoms with Crippen LogP contribution in [0.1, 0.15) is 0 Å². The summed E-state index contributed by atoms with van der Waals surface area (Å²) in [6.45, 7) is 0. The maximum absolute atomic E-state index is 5.71. The van der Waals surface area contributed by atoms with Crippen LogP contribution in [0.5, 0.6) is 0 Å². The summed E-state index contributed by atoms with van der Waals surface area (Å²) in [5.41, 5.74) is 0. The third kappa shape index (κ3) is 2.67. The van der Waals surface area contributed by atoms with Crippen molar-refractivity contribution < 1.29 is 19.5 Å². The molecular weight excluding hydrogens is 311 g/mol. The number of thiol groups is 1. The number of hydrogen-bond acceptors (Lipinski definition) is 1. The van der Waals surface area contributed by atoms with Crippen molar-refractivity contribution in [2.24, 2.45) is 0 Å². The second-order valence-corrected chi connectivity index (χ2v) is 3.83. The van der Waals surface area contributed by atoms with Crippen LogP contribution in [-0.2, 0) is 19.5 Å². The molecule has 0 nitrogen and oxygen atoms in total. The Labute approximate surface area is 109 Å². The summed E-state index contributed by atoms with van der Waals surface area (Å²) in [6, 6.07) is 1.50. The second-order valence-electron chi connectivity index (χ2n) is 1.82. The smallest absolute Gasteiger partial charge is 0.0790 e. The zero-order valence-electron chi connectivity index (χ0n) is 5.74. The van der Waals surface area contributed by atoms with Gasteiger partial charge in [0.25, 0.3) is 0 Å². The maximum Gasteiger partial charge on any atom is 0.0790 e. The van der Waals surface area contributed by atoms with Crippen molar-refractivity contribution in [1.29, 1.82) is 0 Å². The Morgan fingerprint density at radius 1 is 0.917 bits per heavy atom. The van der Waals surface area contributed by atoms with Gasteiger partial charge >= 0.3 is 0 Å².